The average Bonchev–Trinajstić information content (AvgIpc) is 2.70. The number of aryl methyl sites for hydroxylation is 1. The molecule has 1 aliphatic heterocycles. The summed E-state index contributed by atoms with van der Waals surface area (Å²) >= 11 is 0. The molecule has 0 aromatic heterocycles. The number of ether oxygens (including phenoxy) is 1. The van der Waals surface area contributed by atoms with Gasteiger partial charge in [0.15, 0.2) is 0 Å². The molecule has 0 bridgehead atoms. The molecule has 3 rings (SSSR count). The van der Waals surface area contributed by atoms with Crippen molar-refractivity contribution in [2.45, 2.75) is 26.7 Å². The van der Waals surface area contributed by atoms with E-state index in [0.29, 0.717) is 49.5 Å². The van der Waals surface area contributed by atoms with Gasteiger partial charge < -0.3 is 15.0 Å². The van der Waals surface area contributed by atoms with E-state index in [-0.39, 0.29) is 17.7 Å². The highest BCUT2D eigenvalue weighted by Crippen LogP contribution is 2.26. The monoisotopic (exact) mass is 366 g/mol. The van der Waals surface area contributed by atoms with Gasteiger partial charge >= 0.3 is 0 Å². The van der Waals surface area contributed by atoms with Crippen molar-refractivity contribution in [3.05, 3.63) is 59.7 Å². The Labute approximate surface area is 160 Å². The first-order valence-corrected chi connectivity index (χ1v) is 9.47. The van der Waals surface area contributed by atoms with Crippen LogP contribution in [0, 0.1) is 12.8 Å². The molecule has 2 aromatic carbocycles. The molecule has 1 heterocycles. The Morgan fingerprint density at radius 1 is 1.07 bits per heavy atom. The predicted molar refractivity (Wildman–Crippen MR) is 106 cm³/mol. The molecule has 1 fully saturated rings. The number of carbonyl (C=O) groups is 2. The highest BCUT2D eigenvalue weighted by molar-refractivity contribution is 5.96. The zero-order valence-corrected chi connectivity index (χ0v) is 15.9. The second kappa shape index (κ2) is 8.71. The molecule has 0 spiro atoms. The van der Waals surface area contributed by atoms with Crippen LogP contribution >= 0.6 is 0 Å². The second-order valence-electron chi connectivity index (χ2n) is 6.85. The maximum atomic E-state index is 12.6. The van der Waals surface area contributed by atoms with Gasteiger partial charge in [0.05, 0.1) is 12.3 Å². The van der Waals surface area contributed by atoms with Gasteiger partial charge in [0.2, 0.25) is 5.91 Å². The highest BCUT2D eigenvalue weighted by atomic mass is 16.5. The number of nitrogens with one attached hydrogen (secondary N) is 1. The maximum absolute atomic E-state index is 12.6. The van der Waals surface area contributed by atoms with Gasteiger partial charge in [-0.15, -0.1) is 0 Å². The van der Waals surface area contributed by atoms with Gasteiger partial charge in [0, 0.05) is 24.6 Å². The van der Waals surface area contributed by atoms with E-state index in [2.05, 4.69) is 5.32 Å². The third-order valence-corrected chi connectivity index (χ3v) is 4.90. The third kappa shape index (κ3) is 4.67. The molecular formula is C22H26N2O3. The fraction of sp³-hybridized carbons (Fsp3) is 0.364. The fourth-order valence-electron chi connectivity index (χ4n) is 3.31. The van der Waals surface area contributed by atoms with Crippen LogP contribution < -0.4 is 10.1 Å². The molecule has 1 aliphatic rings. The molecule has 5 nitrogen and oxygen atoms in total. The van der Waals surface area contributed by atoms with Gasteiger partial charge in [-0.2, -0.15) is 0 Å². The summed E-state index contributed by atoms with van der Waals surface area (Å²) in [5.41, 5.74) is 2.53. The first kappa shape index (κ1) is 19.0. The van der Waals surface area contributed by atoms with E-state index >= 15 is 0 Å². The lowest BCUT2D eigenvalue weighted by atomic mass is 9.95. The van der Waals surface area contributed by atoms with E-state index in [0.717, 1.165) is 5.56 Å². The number of para-hydroxylation sites is 2. The van der Waals surface area contributed by atoms with Crippen molar-refractivity contribution in [1.29, 1.82) is 0 Å². The number of likely N-dealkylation sites (tertiary alicyclic amines) is 1. The fourth-order valence-corrected chi connectivity index (χ4v) is 3.31. The summed E-state index contributed by atoms with van der Waals surface area (Å²) < 4.78 is 5.56. The van der Waals surface area contributed by atoms with Crippen LogP contribution in [0.25, 0.3) is 0 Å². The lowest BCUT2D eigenvalue weighted by molar-refractivity contribution is -0.121. The Bertz CT molecular complexity index is 793. The van der Waals surface area contributed by atoms with Crippen LogP contribution in [-0.2, 0) is 4.79 Å². The van der Waals surface area contributed by atoms with Crippen LogP contribution in [0.2, 0.25) is 0 Å². The molecule has 0 saturated carbocycles. The number of piperidine rings is 1. The first-order valence-electron chi connectivity index (χ1n) is 9.47. The van der Waals surface area contributed by atoms with Crippen molar-refractivity contribution in [2.24, 2.45) is 5.92 Å². The second-order valence-corrected chi connectivity index (χ2v) is 6.85. The van der Waals surface area contributed by atoms with Gasteiger partial charge in [-0.3, -0.25) is 9.59 Å². The molecular weight excluding hydrogens is 340 g/mol. The predicted octanol–water partition coefficient (Wildman–Crippen LogP) is 3.88. The van der Waals surface area contributed by atoms with E-state index in [4.69, 9.17) is 4.74 Å². The standard InChI is InChI=1S/C22H26N2O3/c1-3-27-20-7-5-4-6-19(20)23-21(25)17-12-14-24(15-13-17)22(26)18-10-8-16(2)9-11-18/h4-11,17H,3,12-15H2,1-2H3,(H,23,25). The SMILES string of the molecule is CCOc1ccccc1NC(=O)C1CCN(C(=O)c2ccc(C)cc2)CC1. The van der Waals surface area contributed by atoms with Crippen molar-refractivity contribution >= 4 is 17.5 Å². The summed E-state index contributed by atoms with van der Waals surface area (Å²) in [7, 11) is 0. The molecule has 2 amide bonds. The van der Waals surface area contributed by atoms with Gasteiger partial charge in [-0.1, -0.05) is 29.8 Å². The smallest absolute Gasteiger partial charge is 0.253 e. The third-order valence-electron chi connectivity index (χ3n) is 4.90. The first-order chi connectivity index (χ1) is 13.1. The molecule has 2 aromatic rings. The zero-order valence-electron chi connectivity index (χ0n) is 15.9. The minimum Gasteiger partial charge on any atom is -0.492 e. The quantitative estimate of drug-likeness (QED) is 0.873. The molecule has 27 heavy (non-hydrogen) atoms. The van der Waals surface area contributed by atoms with Crippen LogP contribution in [0.4, 0.5) is 5.69 Å². The Morgan fingerprint density at radius 2 is 1.74 bits per heavy atom. The minimum absolute atomic E-state index is 0.00964. The Morgan fingerprint density at radius 3 is 2.41 bits per heavy atom. The lowest BCUT2D eigenvalue weighted by Crippen LogP contribution is -2.41. The van der Waals surface area contributed by atoms with Crippen LogP contribution in [0.5, 0.6) is 5.75 Å². The van der Waals surface area contributed by atoms with Gasteiger partial charge in [-0.25, -0.2) is 0 Å². The molecule has 1 saturated heterocycles. The van der Waals surface area contributed by atoms with Crippen LogP contribution in [0.15, 0.2) is 48.5 Å². The molecule has 142 valence electrons. The summed E-state index contributed by atoms with van der Waals surface area (Å²) in [5, 5.41) is 2.98. The number of rotatable bonds is 5. The van der Waals surface area contributed by atoms with E-state index in [1.165, 1.54) is 0 Å². The van der Waals surface area contributed by atoms with Gasteiger partial charge in [-0.05, 0) is 51.0 Å². The molecule has 0 atom stereocenters. The van der Waals surface area contributed by atoms with Gasteiger partial charge in [0.25, 0.3) is 5.91 Å². The van der Waals surface area contributed by atoms with Crippen molar-refractivity contribution in [1.82, 2.24) is 4.90 Å². The number of benzene rings is 2. The number of hydrogen-bond donors (Lipinski definition) is 1. The highest BCUT2D eigenvalue weighted by Gasteiger charge is 2.28. The molecule has 0 unspecified atom stereocenters. The topological polar surface area (TPSA) is 58.6 Å². The molecule has 1 N–H and O–H groups in total. The van der Waals surface area contributed by atoms with E-state index in [1.54, 1.807) is 0 Å². The van der Waals surface area contributed by atoms with E-state index in [9.17, 15) is 9.59 Å². The maximum Gasteiger partial charge on any atom is 0.253 e. The minimum atomic E-state index is -0.0956. The number of anilines is 1. The van der Waals surface area contributed by atoms with E-state index < -0.39 is 0 Å². The summed E-state index contributed by atoms with van der Waals surface area (Å²) in [6.45, 7) is 5.66. The van der Waals surface area contributed by atoms with Crippen LogP contribution in [-0.4, -0.2) is 36.4 Å². The number of amides is 2. The molecule has 5 heteroatoms. The summed E-state index contributed by atoms with van der Waals surface area (Å²) in [5.74, 6) is 0.613. The van der Waals surface area contributed by atoms with Crippen molar-refractivity contribution in [3.8, 4) is 5.75 Å². The lowest BCUT2D eigenvalue weighted by Gasteiger charge is -2.31. The van der Waals surface area contributed by atoms with Crippen molar-refractivity contribution in [2.75, 3.05) is 25.0 Å². The Kier molecular flexibility index (Phi) is 6.12. The molecule has 0 radical (unpaired) electrons. The summed E-state index contributed by atoms with van der Waals surface area (Å²) in [4.78, 5) is 27.1. The summed E-state index contributed by atoms with van der Waals surface area (Å²) in [6, 6.07) is 15.1. The van der Waals surface area contributed by atoms with Crippen molar-refractivity contribution in [3.63, 3.8) is 0 Å². The number of hydrogen-bond acceptors (Lipinski definition) is 3. The molecule has 0 aliphatic carbocycles. The van der Waals surface area contributed by atoms with E-state index in [1.807, 2.05) is 67.3 Å². The summed E-state index contributed by atoms with van der Waals surface area (Å²) in [6.07, 6.45) is 1.33. The van der Waals surface area contributed by atoms with Crippen LogP contribution in [0.3, 0.4) is 0 Å². The van der Waals surface area contributed by atoms with Crippen LogP contribution in [0.1, 0.15) is 35.7 Å². The Balaban J connectivity index is 1.56. The zero-order chi connectivity index (χ0) is 19.2. The largest absolute Gasteiger partial charge is 0.492 e. The number of carbonyl (C=O) groups excluding carboxylic acids is 2. The van der Waals surface area contributed by atoms with Gasteiger partial charge in [0.1, 0.15) is 5.75 Å². The van der Waals surface area contributed by atoms with Crippen molar-refractivity contribution < 1.29 is 14.3 Å². The Hall–Kier alpha value is -2.82. The average molecular weight is 366 g/mol. The normalized spacial score (nSPS) is 14.7. The number of nitrogens with zero attached hydrogens (tertiary/aromatic N) is 1.